The molecule has 2 nitrogen and oxygen atoms in total. The Hall–Kier alpha value is -1.92. The maximum atomic E-state index is 13.5. The lowest BCUT2D eigenvalue weighted by molar-refractivity contribution is -0.0798. The first kappa shape index (κ1) is 16.1. The predicted octanol–water partition coefficient (Wildman–Crippen LogP) is 4.54. The number of methoxy groups -OCH3 is 1. The molecule has 0 saturated heterocycles. The van der Waals surface area contributed by atoms with Gasteiger partial charge in [0.05, 0.1) is 12.8 Å². The van der Waals surface area contributed by atoms with Crippen LogP contribution in [0.5, 0.6) is 5.75 Å². The van der Waals surface area contributed by atoms with Gasteiger partial charge in [0.25, 0.3) is 5.92 Å². The lowest BCUT2D eigenvalue weighted by Crippen LogP contribution is -2.39. The van der Waals surface area contributed by atoms with Gasteiger partial charge in [0.1, 0.15) is 5.75 Å². The van der Waals surface area contributed by atoms with Crippen LogP contribution in [-0.4, -0.2) is 24.9 Å². The zero-order valence-electron chi connectivity index (χ0n) is 10.5. The van der Waals surface area contributed by atoms with Gasteiger partial charge in [-0.05, 0) is 24.3 Å². The van der Waals surface area contributed by atoms with Crippen molar-refractivity contribution in [3.05, 3.63) is 36.9 Å². The summed E-state index contributed by atoms with van der Waals surface area (Å²) in [5, 5.41) is 0. The molecule has 1 aromatic rings. The van der Waals surface area contributed by atoms with Gasteiger partial charge in [-0.15, -0.1) is 6.58 Å². The highest BCUT2D eigenvalue weighted by Crippen LogP contribution is 2.34. The number of halogens is 5. The summed E-state index contributed by atoms with van der Waals surface area (Å²) < 4.78 is 69.9. The van der Waals surface area contributed by atoms with E-state index in [0.717, 1.165) is 18.2 Å². The summed E-state index contributed by atoms with van der Waals surface area (Å²) in [7, 11) is 1.37. The summed E-state index contributed by atoms with van der Waals surface area (Å²) in [6.07, 6.45) is -5.65. The first-order valence-corrected chi connectivity index (χ1v) is 5.50. The second-order valence-corrected chi connectivity index (χ2v) is 3.85. The normalized spacial score (nSPS) is 13.2. The quantitative estimate of drug-likeness (QED) is 0.443. The number of rotatable bonds is 5. The highest BCUT2D eigenvalue weighted by Gasteiger charge is 2.51. The number of alkyl halides is 5. The predicted molar refractivity (Wildman–Crippen MR) is 65.9 cm³/mol. The van der Waals surface area contributed by atoms with Gasteiger partial charge in [0.15, 0.2) is 5.71 Å². The van der Waals surface area contributed by atoms with Crippen LogP contribution in [0.3, 0.4) is 0 Å². The molecule has 0 aliphatic carbocycles. The molecular formula is C13H12F5NO. The van der Waals surface area contributed by atoms with Crippen LogP contribution in [-0.2, 0) is 0 Å². The Kier molecular flexibility index (Phi) is 4.86. The minimum atomic E-state index is -5.23. The summed E-state index contributed by atoms with van der Waals surface area (Å²) in [6, 6.07) is 4.99. The minimum absolute atomic E-state index is 0.234. The molecule has 0 radical (unpaired) electrons. The van der Waals surface area contributed by atoms with Crippen LogP contribution in [0.4, 0.5) is 27.6 Å². The molecular weight excluding hydrogens is 281 g/mol. The number of benzene rings is 1. The van der Waals surface area contributed by atoms with Crippen molar-refractivity contribution in [2.45, 2.75) is 18.5 Å². The van der Waals surface area contributed by atoms with Gasteiger partial charge in [-0.3, -0.25) is 0 Å². The average molecular weight is 293 g/mol. The number of allylic oxidation sites excluding steroid dienone is 1. The highest BCUT2D eigenvalue weighted by molar-refractivity contribution is 5.97. The molecule has 0 aromatic heterocycles. The van der Waals surface area contributed by atoms with Crippen molar-refractivity contribution in [1.29, 1.82) is 0 Å². The lowest BCUT2D eigenvalue weighted by atomic mass is 10.1. The van der Waals surface area contributed by atoms with Gasteiger partial charge in [-0.25, -0.2) is 4.99 Å². The van der Waals surface area contributed by atoms with Gasteiger partial charge in [0.2, 0.25) is 0 Å². The Balaban J connectivity index is 3.22. The Labute approximate surface area is 112 Å². The summed E-state index contributed by atoms with van der Waals surface area (Å²) in [5.74, 6) is -3.74. The second kappa shape index (κ2) is 6.02. The fourth-order valence-electron chi connectivity index (χ4n) is 1.42. The molecule has 0 unspecified atom stereocenters. The molecule has 7 heteroatoms. The van der Waals surface area contributed by atoms with Crippen LogP contribution in [0, 0.1) is 0 Å². The number of hydrogen-bond acceptors (Lipinski definition) is 2. The molecule has 0 atom stereocenters. The van der Waals surface area contributed by atoms with E-state index in [1.807, 2.05) is 0 Å². The molecule has 0 amide bonds. The lowest BCUT2D eigenvalue weighted by Gasteiger charge is -2.19. The van der Waals surface area contributed by atoms with E-state index in [4.69, 9.17) is 4.74 Å². The number of ether oxygens (including phenoxy) is 1. The van der Waals surface area contributed by atoms with Crippen molar-refractivity contribution in [1.82, 2.24) is 0 Å². The van der Waals surface area contributed by atoms with E-state index in [-0.39, 0.29) is 5.69 Å². The van der Waals surface area contributed by atoms with Crippen LogP contribution in [0.15, 0.2) is 41.9 Å². The first-order chi connectivity index (χ1) is 9.20. The minimum Gasteiger partial charge on any atom is -0.497 e. The van der Waals surface area contributed by atoms with Gasteiger partial charge in [-0.1, -0.05) is 6.08 Å². The van der Waals surface area contributed by atoms with Gasteiger partial charge in [0, 0.05) is 6.42 Å². The summed E-state index contributed by atoms with van der Waals surface area (Å²) >= 11 is 0. The summed E-state index contributed by atoms with van der Waals surface area (Å²) in [4.78, 5) is 3.03. The number of hydrogen-bond donors (Lipinski definition) is 0. The van der Waals surface area contributed by atoms with Crippen LogP contribution < -0.4 is 4.74 Å². The summed E-state index contributed by atoms with van der Waals surface area (Å²) in [5.41, 5.74) is -2.38. The van der Waals surface area contributed by atoms with Crippen LogP contribution in [0.25, 0.3) is 0 Å². The fourth-order valence-corrected chi connectivity index (χ4v) is 1.42. The zero-order chi connectivity index (χ0) is 15.4. The van der Waals surface area contributed by atoms with Crippen LogP contribution in [0.1, 0.15) is 6.42 Å². The van der Waals surface area contributed by atoms with Gasteiger partial charge in [-0.2, -0.15) is 22.0 Å². The van der Waals surface area contributed by atoms with E-state index in [1.165, 1.54) is 19.2 Å². The van der Waals surface area contributed by atoms with E-state index in [9.17, 15) is 22.0 Å². The molecule has 0 heterocycles. The smallest absolute Gasteiger partial charge is 0.435 e. The van der Waals surface area contributed by atoms with Crippen molar-refractivity contribution in [2.24, 2.45) is 4.99 Å². The largest absolute Gasteiger partial charge is 0.497 e. The molecule has 1 aromatic carbocycles. The van der Waals surface area contributed by atoms with Crippen LogP contribution in [0.2, 0.25) is 0 Å². The maximum absolute atomic E-state index is 13.5. The van der Waals surface area contributed by atoms with Crippen molar-refractivity contribution >= 4 is 11.4 Å². The molecule has 20 heavy (non-hydrogen) atoms. The second-order valence-electron chi connectivity index (χ2n) is 3.85. The SMILES string of the molecule is C=CCC(F)(F)C(=Nc1ccc(OC)cc1)C(F)(F)F. The van der Waals surface area contributed by atoms with E-state index in [1.54, 1.807) is 0 Å². The van der Waals surface area contributed by atoms with Crippen molar-refractivity contribution in [3.63, 3.8) is 0 Å². The first-order valence-electron chi connectivity index (χ1n) is 5.50. The van der Waals surface area contributed by atoms with E-state index >= 15 is 0 Å². The van der Waals surface area contributed by atoms with Crippen molar-refractivity contribution in [2.75, 3.05) is 7.11 Å². The molecule has 0 bridgehead atoms. The van der Waals surface area contributed by atoms with Gasteiger partial charge < -0.3 is 4.74 Å². The number of aliphatic imine (C=N–C) groups is 1. The Bertz CT molecular complexity index is 490. The monoisotopic (exact) mass is 293 g/mol. The summed E-state index contributed by atoms with van der Waals surface area (Å²) in [6.45, 7) is 3.02. The molecule has 0 spiro atoms. The molecule has 0 N–H and O–H groups in total. The molecule has 1 rings (SSSR count). The van der Waals surface area contributed by atoms with Crippen LogP contribution >= 0.6 is 0 Å². The number of nitrogens with zero attached hydrogens (tertiary/aromatic N) is 1. The Morgan fingerprint density at radius 1 is 1.20 bits per heavy atom. The van der Waals surface area contributed by atoms with Gasteiger partial charge >= 0.3 is 6.18 Å². The van der Waals surface area contributed by atoms with E-state index in [2.05, 4.69) is 11.6 Å². The molecule has 110 valence electrons. The standard InChI is InChI=1S/C13H12F5NO/c1-3-8-12(14,15)11(13(16,17)18)19-9-4-6-10(20-2)7-5-9/h3-7H,1,8H2,2H3. The Morgan fingerprint density at radius 2 is 1.75 bits per heavy atom. The third kappa shape index (κ3) is 4.04. The third-order valence-electron chi connectivity index (χ3n) is 2.33. The highest BCUT2D eigenvalue weighted by atomic mass is 19.4. The topological polar surface area (TPSA) is 21.6 Å². The average Bonchev–Trinajstić information content (AvgIpc) is 2.35. The molecule has 0 aliphatic heterocycles. The fraction of sp³-hybridized carbons (Fsp3) is 0.308. The maximum Gasteiger partial charge on any atom is 0.435 e. The zero-order valence-corrected chi connectivity index (χ0v) is 10.5. The molecule has 0 aliphatic rings. The van der Waals surface area contributed by atoms with Crippen molar-refractivity contribution < 1.29 is 26.7 Å². The van der Waals surface area contributed by atoms with E-state index < -0.39 is 24.2 Å². The molecule has 0 saturated carbocycles. The third-order valence-corrected chi connectivity index (χ3v) is 2.33. The Morgan fingerprint density at radius 3 is 2.15 bits per heavy atom. The van der Waals surface area contributed by atoms with Crippen molar-refractivity contribution in [3.8, 4) is 5.75 Å². The molecule has 0 fully saturated rings. The van der Waals surface area contributed by atoms with E-state index in [0.29, 0.717) is 5.75 Å².